The Morgan fingerprint density at radius 3 is 2.52 bits per heavy atom. The third kappa shape index (κ3) is 10.5. The van der Waals surface area contributed by atoms with E-state index in [-0.39, 0.29) is 5.91 Å². The van der Waals surface area contributed by atoms with Gasteiger partial charge in [0.1, 0.15) is 12.4 Å². The van der Waals surface area contributed by atoms with Gasteiger partial charge >= 0.3 is 0 Å². The fraction of sp³-hybridized carbons (Fsp3) is 0.480. The smallest absolute Gasteiger partial charge is 0.257 e. The van der Waals surface area contributed by atoms with E-state index in [1.165, 1.54) is 22.5 Å². The summed E-state index contributed by atoms with van der Waals surface area (Å²) < 4.78 is 6.65. The molecule has 0 spiro atoms. The van der Waals surface area contributed by atoms with Crippen molar-refractivity contribution in [2.24, 2.45) is 0 Å². The van der Waals surface area contributed by atoms with Crippen molar-refractivity contribution >= 4 is 34.1 Å². The molecule has 2 rings (SSSR count). The van der Waals surface area contributed by atoms with Crippen LogP contribution in [0.2, 0.25) is 0 Å². The minimum atomic E-state index is -0.201. The van der Waals surface area contributed by atoms with Gasteiger partial charge < -0.3 is 9.64 Å². The Morgan fingerprint density at radius 1 is 1.12 bits per heavy atom. The van der Waals surface area contributed by atoms with Gasteiger partial charge in [-0.15, -0.1) is 10.2 Å². The van der Waals surface area contributed by atoms with Crippen LogP contribution in [0, 0.1) is 0 Å². The third-order valence-corrected chi connectivity index (χ3v) is 7.00. The van der Waals surface area contributed by atoms with E-state index in [0.717, 1.165) is 48.3 Å². The predicted molar refractivity (Wildman–Crippen MR) is 141 cm³/mol. The first-order valence-electron chi connectivity index (χ1n) is 11.4. The lowest BCUT2D eigenvalue weighted by Gasteiger charge is -2.16. The van der Waals surface area contributed by atoms with Gasteiger partial charge in [-0.1, -0.05) is 54.2 Å². The molecule has 33 heavy (non-hydrogen) atoms. The van der Waals surface area contributed by atoms with Crippen LogP contribution in [-0.4, -0.2) is 53.0 Å². The van der Waals surface area contributed by atoms with E-state index < -0.39 is 0 Å². The fourth-order valence-corrected chi connectivity index (χ4v) is 4.78. The maximum absolute atomic E-state index is 12.5. The molecular weight excluding hydrogens is 452 g/mol. The fourth-order valence-electron chi connectivity index (χ4n) is 2.96. The molecule has 8 heteroatoms. The monoisotopic (exact) mass is 488 g/mol. The molecule has 0 radical (unpaired) electrons. The molecule has 1 aromatic carbocycles. The summed E-state index contributed by atoms with van der Waals surface area (Å²) in [7, 11) is 0. The summed E-state index contributed by atoms with van der Waals surface area (Å²) in [6, 6.07) is 7.15. The lowest BCUT2D eigenvalue weighted by molar-refractivity contribution is 0.102. The highest BCUT2D eigenvalue weighted by molar-refractivity contribution is 8.01. The van der Waals surface area contributed by atoms with E-state index in [1.807, 2.05) is 12.1 Å². The molecule has 0 aliphatic rings. The lowest BCUT2D eigenvalue weighted by Crippen LogP contribution is -2.25. The molecular formula is C25H36N4O2S2. The number of nitrogens with zero attached hydrogens (tertiary/aromatic N) is 3. The van der Waals surface area contributed by atoms with Crippen LogP contribution in [0.25, 0.3) is 0 Å². The van der Waals surface area contributed by atoms with Crippen LogP contribution in [0.1, 0.15) is 57.8 Å². The van der Waals surface area contributed by atoms with Gasteiger partial charge in [-0.3, -0.25) is 10.1 Å². The number of rotatable bonds is 14. The summed E-state index contributed by atoms with van der Waals surface area (Å²) in [5, 5.41) is 11.6. The quantitative estimate of drug-likeness (QED) is 0.191. The number of anilines is 1. The van der Waals surface area contributed by atoms with Gasteiger partial charge in [-0.05, 0) is 77.0 Å². The Hall–Kier alpha value is -2.16. The molecule has 1 amide bonds. The highest BCUT2D eigenvalue weighted by atomic mass is 32.2. The van der Waals surface area contributed by atoms with Gasteiger partial charge in [0.15, 0.2) is 4.34 Å². The van der Waals surface area contributed by atoms with Crippen LogP contribution in [0.3, 0.4) is 0 Å². The van der Waals surface area contributed by atoms with Crippen molar-refractivity contribution in [2.75, 3.05) is 37.3 Å². The topological polar surface area (TPSA) is 67.4 Å². The summed E-state index contributed by atoms with van der Waals surface area (Å²) in [6.45, 7) is 14.3. The second-order valence-corrected chi connectivity index (χ2v) is 10.2. The SMILES string of the molecule is CCN(CC)CCSc1nnc(NC(=O)c2ccc(OCC=C(C)CCC=C(C)C)cc2)s1. The number of ether oxygens (including phenoxy) is 1. The number of carbonyl (C=O) groups is 1. The summed E-state index contributed by atoms with van der Waals surface area (Å²) in [5.41, 5.74) is 3.22. The highest BCUT2D eigenvalue weighted by Crippen LogP contribution is 2.26. The largest absolute Gasteiger partial charge is 0.490 e. The minimum absolute atomic E-state index is 0.201. The Labute approximate surface area is 206 Å². The molecule has 0 aliphatic heterocycles. The number of thioether (sulfide) groups is 1. The van der Waals surface area contributed by atoms with Crippen LogP contribution in [0.4, 0.5) is 5.13 Å². The molecule has 2 aromatic rings. The van der Waals surface area contributed by atoms with Gasteiger partial charge in [-0.2, -0.15) is 0 Å². The maximum Gasteiger partial charge on any atom is 0.257 e. The van der Waals surface area contributed by atoms with Crippen LogP contribution in [0.15, 0.2) is 51.9 Å². The third-order valence-electron chi connectivity index (χ3n) is 5.04. The van der Waals surface area contributed by atoms with Gasteiger partial charge in [0, 0.05) is 17.9 Å². The molecule has 0 atom stereocenters. The molecule has 1 heterocycles. The van der Waals surface area contributed by atoms with E-state index in [4.69, 9.17) is 4.74 Å². The van der Waals surface area contributed by atoms with Crippen molar-refractivity contribution in [2.45, 2.75) is 51.8 Å². The molecule has 180 valence electrons. The van der Waals surface area contributed by atoms with Crippen molar-refractivity contribution in [3.63, 3.8) is 0 Å². The predicted octanol–water partition coefficient (Wildman–Crippen LogP) is 6.30. The van der Waals surface area contributed by atoms with Gasteiger partial charge in [0.05, 0.1) is 0 Å². The number of aromatic nitrogens is 2. The number of amides is 1. The zero-order valence-corrected chi connectivity index (χ0v) is 22.0. The molecule has 1 N–H and O–H groups in total. The van der Waals surface area contributed by atoms with Gasteiger partial charge in [-0.25, -0.2) is 0 Å². The average Bonchev–Trinajstić information content (AvgIpc) is 3.24. The first-order chi connectivity index (χ1) is 15.9. The molecule has 0 bridgehead atoms. The standard InChI is InChI=1S/C25H36N4O2S2/c1-6-29(7-2)16-18-32-25-28-27-24(33-25)26-23(30)21-11-13-22(14-12-21)31-17-15-20(5)10-8-9-19(3)4/h9,11-15H,6-8,10,16-18H2,1-5H3,(H,26,27,30). The van der Waals surface area contributed by atoms with Gasteiger partial charge in [0.2, 0.25) is 5.13 Å². The Bertz CT molecular complexity index is 915. The molecule has 0 unspecified atom stereocenters. The molecule has 1 aromatic heterocycles. The normalized spacial score (nSPS) is 11.5. The number of carbonyl (C=O) groups excluding carboxylic acids is 1. The number of benzene rings is 1. The van der Waals surface area contributed by atoms with E-state index in [9.17, 15) is 4.79 Å². The summed E-state index contributed by atoms with van der Waals surface area (Å²) in [4.78, 5) is 14.9. The van der Waals surface area contributed by atoms with Crippen molar-refractivity contribution < 1.29 is 9.53 Å². The second-order valence-electron chi connectivity index (χ2n) is 7.91. The van der Waals surface area contributed by atoms with E-state index in [1.54, 1.807) is 23.9 Å². The zero-order valence-electron chi connectivity index (χ0n) is 20.4. The molecule has 0 aliphatic carbocycles. The Morgan fingerprint density at radius 2 is 1.85 bits per heavy atom. The molecule has 0 saturated carbocycles. The molecule has 0 fully saturated rings. The minimum Gasteiger partial charge on any atom is -0.490 e. The highest BCUT2D eigenvalue weighted by Gasteiger charge is 2.11. The van der Waals surface area contributed by atoms with Crippen molar-refractivity contribution in [1.82, 2.24) is 15.1 Å². The average molecular weight is 489 g/mol. The van der Waals surface area contributed by atoms with Crippen LogP contribution in [-0.2, 0) is 0 Å². The first-order valence-corrected chi connectivity index (χ1v) is 13.2. The van der Waals surface area contributed by atoms with Crippen molar-refractivity contribution in [1.29, 1.82) is 0 Å². The maximum atomic E-state index is 12.5. The van der Waals surface area contributed by atoms with Crippen LogP contribution in [0.5, 0.6) is 5.75 Å². The Kier molecular flexibility index (Phi) is 12.2. The van der Waals surface area contributed by atoms with E-state index >= 15 is 0 Å². The van der Waals surface area contributed by atoms with E-state index in [0.29, 0.717) is 17.3 Å². The van der Waals surface area contributed by atoms with Crippen molar-refractivity contribution in [3.05, 3.63) is 53.1 Å². The summed E-state index contributed by atoms with van der Waals surface area (Å²) in [6.07, 6.45) is 6.44. The summed E-state index contributed by atoms with van der Waals surface area (Å²) in [5.74, 6) is 1.49. The molecule has 6 nitrogen and oxygen atoms in total. The van der Waals surface area contributed by atoms with Gasteiger partial charge in [0.25, 0.3) is 5.91 Å². The zero-order chi connectivity index (χ0) is 24.1. The number of hydrogen-bond donors (Lipinski definition) is 1. The lowest BCUT2D eigenvalue weighted by atomic mass is 10.1. The summed E-state index contributed by atoms with van der Waals surface area (Å²) >= 11 is 3.07. The first kappa shape index (κ1) is 27.1. The Balaban J connectivity index is 1.77. The number of hydrogen-bond acceptors (Lipinski definition) is 7. The number of allylic oxidation sites excluding steroid dienone is 3. The van der Waals surface area contributed by atoms with Crippen LogP contribution < -0.4 is 10.1 Å². The number of nitrogens with one attached hydrogen (secondary N) is 1. The van der Waals surface area contributed by atoms with Crippen LogP contribution >= 0.6 is 23.1 Å². The van der Waals surface area contributed by atoms with E-state index in [2.05, 4.69) is 67.2 Å². The second kappa shape index (κ2) is 14.9. The van der Waals surface area contributed by atoms with Crippen molar-refractivity contribution in [3.8, 4) is 5.75 Å². The molecule has 0 saturated heterocycles.